The molecular weight excluding hydrogens is 450 g/mol. The van der Waals surface area contributed by atoms with Crippen molar-refractivity contribution in [2.45, 2.75) is 26.3 Å². The Bertz CT molecular complexity index is 1420. The van der Waals surface area contributed by atoms with Gasteiger partial charge in [-0.1, -0.05) is 12.1 Å². The van der Waals surface area contributed by atoms with Gasteiger partial charge in [0, 0.05) is 35.1 Å². The third-order valence-corrected chi connectivity index (χ3v) is 5.89. The maximum absolute atomic E-state index is 12.7. The highest BCUT2D eigenvalue weighted by Gasteiger charge is 2.16. The predicted molar refractivity (Wildman–Crippen MR) is 132 cm³/mol. The van der Waals surface area contributed by atoms with Crippen molar-refractivity contribution in [1.82, 2.24) is 9.78 Å². The largest absolute Gasteiger partial charge is 0.497 e. The molecule has 35 heavy (non-hydrogen) atoms. The SMILES string of the molecule is COc1ccc2c(C)c(CCC(=O)Nc3ccnn3Cc3cccc(OC)c3OC)c(=O)oc2c1. The van der Waals surface area contributed by atoms with Gasteiger partial charge >= 0.3 is 5.63 Å². The molecule has 0 aliphatic heterocycles. The lowest BCUT2D eigenvalue weighted by Crippen LogP contribution is -2.19. The Labute approximate surface area is 202 Å². The van der Waals surface area contributed by atoms with Gasteiger partial charge in [-0.15, -0.1) is 0 Å². The molecule has 0 unspecified atom stereocenters. The first-order valence-corrected chi connectivity index (χ1v) is 11.1. The van der Waals surface area contributed by atoms with Gasteiger partial charge in [-0.2, -0.15) is 5.10 Å². The molecule has 2 aromatic carbocycles. The number of ether oxygens (including phenoxy) is 3. The average Bonchev–Trinajstić information content (AvgIpc) is 3.29. The number of carbonyl (C=O) groups is 1. The Morgan fingerprint density at radius 1 is 1.09 bits per heavy atom. The van der Waals surface area contributed by atoms with E-state index in [1.165, 1.54) is 0 Å². The minimum atomic E-state index is -0.453. The summed E-state index contributed by atoms with van der Waals surface area (Å²) in [5.41, 5.74) is 2.13. The van der Waals surface area contributed by atoms with Gasteiger partial charge in [0.25, 0.3) is 0 Å². The van der Waals surface area contributed by atoms with Gasteiger partial charge in [-0.3, -0.25) is 4.79 Å². The Morgan fingerprint density at radius 2 is 1.91 bits per heavy atom. The first kappa shape index (κ1) is 23.9. The van der Waals surface area contributed by atoms with Crippen LogP contribution in [0.3, 0.4) is 0 Å². The van der Waals surface area contributed by atoms with E-state index in [1.807, 2.05) is 37.3 Å². The second-order valence-corrected chi connectivity index (χ2v) is 7.93. The van der Waals surface area contributed by atoms with Crippen molar-refractivity contribution in [3.63, 3.8) is 0 Å². The van der Waals surface area contributed by atoms with Crippen molar-refractivity contribution in [2.24, 2.45) is 0 Å². The fourth-order valence-electron chi connectivity index (χ4n) is 4.04. The minimum Gasteiger partial charge on any atom is -0.497 e. The van der Waals surface area contributed by atoms with Gasteiger partial charge in [0.05, 0.1) is 34.1 Å². The van der Waals surface area contributed by atoms with Gasteiger partial charge in [-0.25, -0.2) is 9.48 Å². The lowest BCUT2D eigenvalue weighted by Gasteiger charge is -2.14. The molecule has 2 aromatic heterocycles. The molecule has 0 saturated heterocycles. The van der Waals surface area contributed by atoms with E-state index in [9.17, 15) is 9.59 Å². The van der Waals surface area contributed by atoms with Crippen molar-refractivity contribution in [3.05, 3.63) is 75.8 Å². The number of aryl methyl sites for hydroxylation is 1. The van der Waals surface area contributed by atoms with Crippen molar-refractivity contribution in [2.75, 3.05) is 26.6 Å². The summed E-state index contributed by atoms with van der Waals surface area (Å²) in [6, 6.07) is 12.6. The zero-order valence-electron chi connectivity index (χ0n) is 20.1. The summed E-state index contributed by atoms with van der Waals surface area (Å²) in [5.74, 6) is 2.13. The van der Waals surface area contributed by atoms with E-state index >= 15 is 0 Å². The third-order valence-electron chi connectivity index (χ3n) is 5.89. The van der Waals surface area contributed by atoms with Crippen LogP contribution >= 0.6 is 0 Å². The number of benzene rings is 2. The van der Waals surface area contributed by atoms with E-state index in [1.54, 1.807) is 44.3 Å². The van der Waals surface area contributed by atoms with E-state index < -0.39 is 5.63 Å². The van der Waals surface area contributed by atoms with Crippen LogP contribution in [0.4, 0.5) is 5.82 Å². The highest BCUT2D eigenvalue weighted by Crippen LogP contribution is 2.31. The number of aromatic nitrogens is 2. The van der Waals surface area contributed by atoms with Crippen LogP contribution in [0.25, 0.3) is 11.0 Å². The van der Waals surface area contributed by atoms with E-state index in [2.05, 4.69) is 10.4 Å². The Kier molecular flexibility index (Phi) is 7.05. The number of amides is 1. The van der Waals surface area contributed by atoms with Gasteiger partial charge in [0.2, 0.25) is 5.91 Å². The summed E-state index contributed by atoms with van der Waals surface area (Å²) in [7, 11) is 4.71. The normalized spacial score (nSPS) is 10.9. The van der Waals surface area contributed by atoms with Crippen LogP contribution in [0, 0.1) is 6.92 Å². The zero-order valence-corrected chi connectivity index (χ0v) is 20.1. The summed E-state index contributed by atoms with van der Waals surface area (Å²) in [4.78, 5) is 25.3. The average molecular weight is 478 g/mol. The number of methoxy groups -OCH3 is 3. The quantitative estimate of drug-likeness (QED) is 0.364. The Hall–Kier alpha value is -4.27. The Balaban J connectivity index is 1.47. The van der Waals surface area contributed by atoms with Crippen molar-refractivity contribution in [3.8, 4) is 17.2 Å². The molecule has 1 N–H and O–H groups in total. The van der Waals surface area contributed by atoms with Gasteiger partial charge in [0.1, 0.15) is 17.2 Å². The first-order valence-electron chi connectivity index (χ1n) is 11.1. The van der Waals surface area contributed by atoms with Gasteiger partial charge in [0.15, 0.2) is 11.5 Å². The highest BCUT2D eigenvalue weighted by atomic mass is 16.5. The van der Waals surface area contributed by atoms with Crippen molar-refractivity contribution >= 4 is 22.7 Å². The number of nitrogens with zero attached hydrogens (tertiary/aromatic N) is 2. The van der Waals surface area contributed by atoms with E-state index in [4.69, 9.17) is 18.6 Å². The fourth-order valence-corrected chi connectivity index (χ4v) is 4.04. The van der Waals surface area contributed by atoms with E-state index in [0.29, 0.717) is 40.8 Å². The minimum absolute atomic E-state index is 0.112. The standard InChI is InChI=1S/C26H27N3O6/c1-16-19-9-8-18(32-2)14-22(19)35-26(31)20(16)10-11-24(30)28-23-12-13-27-29(23)15-17-6-5-7-21(33-3)25(17)34-4/h5-9,12-14H,10-11,15H2,1-4H3,(H,28,30). The lowest BCUT2D eigenvalue weighted by molar-refractivity contribution is -0.116. The third kappa shape index (κ3) is 4.98. The second-order valence-electron chi connectivity index (χ2n) is 7.93. The second kappa shape index (κ2) is 10.3. The number of hydrogen-bond donors (Lipinski definition) is 1. The molecule has 0 fully saturated rings. The molecule has 0 aliphatic rings. The number of para-hydroxylation sites is 1. The Morgan fingerprint density at radius 3 is 2.66 bits per heavy atom. The molecule has 0 radical (unpaired) electrons. The summed E-state index contributed by atoms with van der Waals surface area (Å²) in [6.45, 7) is 2.23. The van der Waals surface area contributed by atoms with Crippen LogP contribution in [0.1, 0.15) is 23.1 Å². The van der Waals surface area contributed by atoms with Crippen LogP contribution in [0.15, 0.2) is 57.9 Å². The number of fused-ring (bicyclic) bond motifs is 1. The maximum Gasteiger partial charge on any atom is 0.339 e. The first-order chi connectivity index (χ1) is 16.9. The van der Waals surface area contributed by atoms with Crippen LogP contribution in [-0.4, -0.2) is 37.0 Å². The molecule has 9 heteroatoms. The molecule has 0 spiro atoms. The molecule has 2 heterocycles. The lowest BCUT2D eigenvalue weighted by atomic mass is 10.0. The molecule has 0 saturated carbocycles. The fraction of sp³-hybridized carbons (Fsp3) is 0.269. The smallest absolute Gasteiger partial charge is 0.339 e. The molecule has 1 amide bonds. The molecule has 0 bridgehead atoms. The topological polar surface area (TPSA) is 105 Å². The number of hydrogen-bond acceptors (Lipinski definition) is 7. The maximum atomic E-state index is 12.7. The number of anilines is 1. The van der Waals surface area contributed by atoms with Gasteiger partial charge < -0.3 is 23.9 Å². The zero-order chi connectivity index (χ0) is 24.9. The number of carbonyl (C=O) groups excluding carboxylic acids is 1. The van der Waals surface area contributed by atoms with Crippen molar-refractivity contribution in [1.29, 1.82) is 0 Å². The molecule has 4 rings (SSSR count). The van der Waals surface area contributed by atoms with Crippen LogP contribution in [-0.2, 0) is 17.8 Å². The van der Waals surface area contributed by atoms with Crippen LogP contribution in [0.5, 0.6) is 17.2 Å². The molecule has 9 nitrogen and oxygen atoms in total. The van der Waals surface area contributed by atoms with E-state index in [0.717, 1.165) is 16.5 Å². The van der Waals surface area contributed by atoms with Crippen molar-refractivity contribution < 1.29 is 23.4 Å². The highest BCUT2D eigenvalue weighted by molar-refractivity contribution is 5.90. The van der Waals surface area contributed by atoms with E-state index in [-0.39, 0.29) is 18.7 Å². The number of nitrogens with one attached hydrogen (secondary N) is 1. The summed E-state index contributed by atoms with van der Waals surface area (Å²) in [6.07, 6.45) is 1.97. The van der Waals surface area contributed by atoms with Crippen LogP contribution < -0.4 is 25.2 Å². The molecule has 0 atom stereocenters. The summed E-state index contributed by atoms with van der Waals surface area (Å²) in [5, 5.41) is 8.01. The summed E-state index contributed by atoms with van der Waals surface area (Å²) < 4.78 is 23.2. The monoisotopic (exact) mass is 477 g/mol. The summed E-state index contributed by atoms with van der Waals surface area (Å²) >= 11 is 0. The molecular formula is C26H27N3O6. The predicted octanol–water partition coefficient (Wildman–Crippen LogP) is 3.94. The molecule has 0 aliphatic carbocycles. The van der Waals surface area contributed by atoms with Gasteiger partial charge in [-0.05, 0) is 37.1 Å². The number of rotatable bonds is 9. The molecule has 182 valence electrons. The van der Waals surface area contributed by atoms with Crippen LogP contribution in [0.2, 0.25) is 0 Å². The molecule has 4 aromatic rings.